The number of carbonyl (C=O) groups excluding carboxylic acids is 1. The minimum absolute atomic E-state index is 0.00175. The van der Waals surface area contributed by atoms with Crippen molar-refractivity contribution in [3.05, 3.63) is 70.4 Å². The fraction of sp³-hybridized carbons (Fsp3) is 0.723. The van der Waals surface area contributed by atoms with E-state index in [-0.39, 0.29) is 22.9 Å². The monoisotopic (exact) mass is 669 g/mol. The Morgan fingerprint density at radius 3 is 2.49 bits per heavy atom. The summed E-state index contributed by atoms with van der Waals surface area (Å²) in [4.78, 5) is 13.0. The Labute approximate surface area is 302 Å². The number of hydrogen-bond donors (Lipinski definition) is 0. The maximum atomic E-state index is 13.0. The molecule has 0 aromatic rings. The van der Waals surface area contributed by atoms with Crippen molar-refractivity contribution in [1.29, 1.82) is 0 Å². The number of rotatable bonds is 11. The second-order valence-electron chi connectivity index (χ2n) is 19.2. The molecular formula is C47H72O2. The minimum atomic E-state index is -0.194. The van der Waals surface area contributed by atoms with Crippen molar-refractivity contribution in [3.63, 3.8) is 0 Å². The fourth-order valence-corrected chi connectivity index (χ4v) is 11.4. The highest BCUT2D eigenvalue weighted by atomic mass is 16.5. The lowest BCUT2D eigenvalue weighted by Gasteiger charge is -2.57. The Balaban J connectivity index is 1.14. The van der Waals surface area contributed by atoms with Crippen LogP contribution in [0.3, 0.4) is 0 Å². The van der Waals surface area contributed by atoms with E-state index in [1.807, 2.05) is 13.0 Å². The smallest absolute Gasteiger partial charge is 0.331 e. The molecule has 0 heterocycles. The van der Waals surface area contributed by atoms with Crippen LogP contribution in [0.25, 0.3) is 0 Å². The molecule has 0 aromatic carbocycles. The molecule has 3 fully saturated rings. The van der Waals surface area contributed by atoms with Gasteiger partial charge in [-0.2, -0.15) is 0 Å². The third-order valence-electron chi connectivity index (χ3n) is 14.5. The lowest BCUT2D eigenvalue weighted by atomic mass is 9.48. The van der Waals surface area contributed by atoms with E-state index in [2.05, 4.69) is 92.7 Å². The molecule has 5 rings (SSSR count). The van der Waals surface area contributed by atoms with Gasteiger partial charge in [0.1, 0.15) is 6.10 Å². The number of ether oxygens (including phenoxy) is 1. The maximum Gasteiger partial charge on any atom is 0.331 e. The van der Waals surface area contributed by atoms with E-state index in [0.717, 1.165) is 60.3 Å². The number of hydrogen-bond acceptors (Lipinski definition) is 2. The van der Waals surface area contributed by atoms with Crippen LogP contribution in [0.5, 0.6) is 0 Å². The summed E-state index contributed by atoms with van der Waals surface area (Å²) in [6, 6.07) is 0. The molecule has 3 saturated carbocycles. The molecule has 0 aromatic heterocycles. The van der Waals surface area contributed by atoms with E-state index >= 15 is 0 Å². The Morgan fingerprint density at radius 2 is 1.76 bits per heavy atom. The van der Waals surface area contributed by atoms with Crippen LogP contribution >= 0.6 is 0 Å². The highest BCUT2D eigenvalue weighted by molar-refractivity contribution is 5.83. The van der Waals surface area contributed by atoms with Gasteiger partial charge in [-0.1, -0.05) is 121 Å². The largest absolute Gasteiger partial charge is 0.459 e. The first-order chi connectivity index (χ1) is 23.1. The first kappa shape index (κ1) is 38.1. The van der Waals surface area contributed by atoms with Crippen LogP contribution in [-0.4, -0.2) is 12.1 Å². The van der Waals surface area contributed by atoms with Crippen LogP contribution in [0.15, 0.2) is 70.4 Å². The van der Waals surface area contributed by atoms with Crippen molar-refractivity contribution >= 4 is 5.97 Å². The molecular weight excluding hydrogens is 597 g/mol. The van der Waals surface area contributed by atoms with E-state index in [1.165, 1.54) is 87.3 Å². The molecule has 272 valence electrons. The molecule has 0 radical (unpaired) electrons. The van der Waals surface area contributed by atoms with Crippen molar-refractivity contribution in [2.24, 2.45) is 51.8 Å². The van der Waals surface area contributed by atoms with Gasteiger partial charge in [-0.05, 0) is 148 Å². The normalized spacial score (nSPS) is 35.7. The fourth-order valence-electron chi connectivity index (χ4n) is 11.4. The first-order valence-electron chi connectivity index (χ1n) is 20.4. The lowest BCUT2D eigenvalue weighted by Crippen LogP contribution is -2.49. The molecule has 2 nitrogen and oxygen atoms in total. The number of fused-ring (bicyclic) bond motifs is 5. The van der Waals surface area contributed by atoms with Gasteiger partial charge in [0.2, 0.25) is 0 Å². The SMILES string of the molecule is CC1=C(/C=C/C(C)=C/C=C/C(C)=C/C(=O)O[C@H]2CC[C@@]3(C)C(=CCC4C5C[C@H]([C@H](C)CCCC(C)C)C[C@@]5(C)CCC43)C2)C(C)(C)CCC1. The molecule has 5 aliphatic rings. The molecule has 8 atom stereocenters. The van der Waals surface area contributed by atoms with Crippen molar-refractivity contribution in [2.75, 3.05) is 0 Å². The molecule has 0 bridgehead atoms. The Hall–Kier alpha value is -2.09. The van der Waals surface area contributed by atoms with Crippen molar-refractivity contribution in [2.45, 2.75) is 165 Å². The number of allylic oxidation sites excluding steroid dienone is 10. The van der Waals surface area contributed by atoms with E-state index in [9.17, 15) is 4.79 Å². The average Bonchev–Trinajstić information content (AvgIpc) is 3.38. The van der Waals surface area contributed by atoms with Crippen LogP contribution < -0.4 is 0 Å². The van der Waals surface area contributed by atoms with Gasteiger partial charge in [0.25, 0.3) is 0 Å². The average molecular weight is 669 g/mol. The van der Waals surface area contributed by atoms with Gasteiger partial charge in [0, 0.05) is 12.5 Å². The molecule has 3 unspecified atom stereocenters. The molecule has 49 heavy (non-hydrogen) atoms. The van der Waals surface area contributed by atoms with E-state index in [1.54, 1.807) is 11.6 Å². The molecule has 5 aliphatic carbocycles. The Bertz CT molecular complexity index is 1380. The molecule has 0 spiro atoms. The minimum Gasteiger partial charge on any atom is -0.459 e. The summed E-state index contributed by atoms with van der Waals surface area (Å²) in [5, 5.41) is 0. The predicted molar refractivity (Wildman–Crippen MR) is 209 cm³/mol. The quantitative estimate of drug-likeness (QED) is 0.0948. The topological polar surface area (TPSA) is 26.3 Å². The number of carbonyl (C=O) groups is 1. The van der Waals surface area contributed by atoms with Crippen LogP contribution in [0.4, 0.5) is 0 Å². The van der Waals surface area contributed by atoms with Gasteiger partial charge in [0.15, 0.2) is 0 Å². The van der Waals surface area contributed by atoms with Gasteiger partial charge in [-0.3, -0.25) is 0 Å². The van der Waals surface area contributed by atoms with E-state index in [0.29, 0.717) is 5.41 Å². The van der Waals surface area contributed by atoms with Crippen LogP contribution in [-0.2, 0) is 9.53 Å². The van der Waals surface area contributed by atoms with Crippen LogP contribution in [0, 0.1) is 51.8 Å². The third-order valence-corrected chi connectivity index (χ3v) is 14.5. The number of esters is 1. The van der Waals surface area contributed by atoms with Gasteiger partial charge >= 0.3 is 5.97 Å². The zero-order valence-corrected chi connectivity index (χ0v) is 33.3. The third kappa shape index (κ3) is 8.87. The summed E-state index contributed by atoms with van der Waals surface area (Å²) in [6.45, 7) is 23.7. The lowest BCUT2D eigenvalue weighted by molar-refractivity contribution is -0.145. The molecule has 0 aliphatic heterocycles. The standard InChI is InChI=1S/C47H72O2/c1-32(2)14-11-17-35(5)37-29-43-40-21-20-38-30-39(23-27-47(38,10)42(40)24-26-46(43,9)31-37)49-44(48)28-34(4)16-12-15-33(3)19-22-41-36(6)18-13-25-45(41,7)8/h12,15-16,19-20,22,28,32,35,37,39-40,42-43H,11,13-14,17-18,21,23-27,29-31H2,1-10H3/b16-12+,22-19+,33-15+,34-28+/t35-,37+,39+,40?,42?,43?,46-,47+/m1/s1. The van der Waals surface area contributed by atoms with Gasteiger partial charge < -0.3 is 4.74 Å². The van der Waals surface area contributed by atoms with Gasteiger partial charge in [0.05, 0.1) is 0 Å². The molecule has 0 saturated heterocycles. The highest BCUT2D eigenvalue weighted by Crippen LogP contribution is 2.66. The molecule has 0 N–H and O–H groups in total. The second kappa shape index (κ2) is 15.7. The molecule has 0 amide bonds. The van der Waals surface area contributed by atoms with Crippen molar-refractivity contribution in [3.8, 4) is 0 Å². The van der Waals surface area contributed by atoms with E-state index < -0.39 is 0 Å². The summed E-state index contributed by atoms with van der Waals surface area (Å²) in [5.74, 6) is 4.94. The summed E-state index contributed by atoms with van der Waals surface area (Å²) in [6.07, 6.45) is 33.0. The van der Waals surface area contributed by atoms with Crippen molar-refractivity contribution in [1.82, 2.24) is 0 Å². The highest BCUT2D eigenvalue weighted by Gasteiger charge is 2.58. The summed E-state index contributed by atoms with van der Waals surface area (Å²) >= 11 is 0. The summed E-state index contributed by atoms with van der Waals surface area (Å²) in [5.41, 5.74) is 7.82. The van der Waals surface area contributed by atoms with E-state index in [4.69, 9.17) is 4.74 Å². The molecule has 2 heteroatoms. The zero-order chi connectivity index (χ0) is 35.6. The predicted octanol–water partition coefficient (Wildman–Crippen LogP) is 13.5. The van der Waals surface area contributed by atoms with Crippen molar-refractivity contribution < 1.29 is 9.53 Å². The zero-order valence-electron chi connectivity index (χ0n) is 33.3. The summed E-state index contributed by atoms with van der Waals surface area (Å²) in [7, 11) is 0. The summed E-state index contributed by atoms with van der Waals surface area (Å²) < 4.78 is 6.11. The Kier molecular flexibility index (Phi) is 12.2. The van der Waals surface area contributed by atoms with Crippen LogP contribution in [0.2, 0.25) is 0 Å². The second-order valence-corrected chi connectivity index (χ2v) is 19.2. The van der Waals surface area contributed by atoms with Gasteiger partial charge in [-0.15, -0.1) is 0 Å². The Morgan fingerprint density at radius 1 is 0.980 bits per heavy atom. The van der Waals surface area contributed by atoms with Gasteiger partial charge in [-0.25, -0.2) is 4.79 Å². The maximum absolute atomic E-state index is 13.0. The van der Waals surface area contributed by atoms with Crippen LogP contribution in [0.1, 0.15) is 159 Å². The first-order valence-corrected chi connectivity index (χ1v) is 20.4.